The fourth-order valence-electron chi connectivity index (χ4n) is 2.69. The van der Waals surface area contributed by atoms with E-state index in [2.05, 4.69) is 0 Å². The fourth-order valence-corrected chi connectivity index (χ4v) is 2.69. The van der Waals surface area contributed by atoms with Crippen LogP contribution in [0.15, 0.2) is 12.1 Å². The van der Waals surface area contributed by atoms with Gasteiger partial charge in [-0.2, -0.15) is 0 Å². The van der Waals surface area contributed by atoms with Gasteiger partial charge in [-0.25, -0.2) is 0 Å². The third-order valence-corrected chi connectivity index (χ3v) is 3.98. The van der Waals surface area contributed by atoms with Gasteiger partial charge < -0.3 is 4.90 Å². The van der Waals surface area contributed by atoms with Crippen LogP contribution < -0.4 is 4.90 Å². The molecule has 0 spiro atoms. The fraction of sp³-hybridized carbons (Fsp3) is 0.467. The maximum atomic E-state index is 12.1. The highest BCUT2D eigenvalue weighted by molar-refractivity contribution is 6.52. The van der Waals surface area contributed by atoms with E-state index in [1.54, 1.807) is 4.90 Å². The molecule has 0 N–H and O–H groups in total. The minimum absolute atomic E-state index is 0.331. The largest absolute Gasteiger partial charge is 0.304 e. The number of hydrogen-bond acceptors (Lipinski definition) is 2. The van der Waals surface area contributed by atoms with Crippen molar-refractivity contribution in [1.29, 1.82) is 0 Å². The number of anilines is 1. The van der Waals surface area contributed by atoms with Gasteiger partial charge in [0.2, 0.25) is 0 Å². The van der Waals surface area contributed by atoms with Gasteiger partial charge in [0.05, 0.1) is 11.3 Å². The van der Waals surface area contributed by atoms with E-state index >= 15 is 0 Å². The zero-order valence-corrected chi connectivity index (χ0v) is 10.8. The van der Waals surface area contributed by atoms with Crippen LogP contribution in [0.25, 0.3) is 0 Å². The van der Waals surface area contributed by atoms with Crippen molar-refractivity contribution in [3.8, 4) is 0 Å². The van der Waals surface area contributed by atoms with E-state index in [1.165, 1.54) is 12.8 Å². The van der Waals surface area contributed by atoms with E-state index < -0.39 is 0 Å². The van der Waals surface area contributed by atoms with Gasteiger partial charge in [-0.3, -0.25) is 9.59 Å². The number of amides is 1. The van der Waals surface area contributed by atoms with Crippen molar-refractivity contribution < 1.29 is 9.59 Å². The molecule has 0 aromatic heterocycles. The molecule has 18 heavy (non-hydrogen) atoms. The van der Waals surface area contributed by atoms with Crippen LogP contribution in [0, 0.1) is 19.8 Å². The van der Waals surface area contributed by atoms with Crippen molar-refractivity contribution in [1.82, 2.24) is 0 Å². The summed E-state index contributed by atoms with van der Waals surface area (Å²) in [4.78, 5) is 25.8. The minimum atomic E-state index is -0.344. The van der Waals surface area contributed by atoms with Gasteiger partial charge in [0.25, 0.3) is 11.7 Å². The van der Waals surface area contributed by atoms with Crippen molar-refractivity contribution >= 4 is 17.4 Å². The Bertz CT molecular complexity index is 544. The van der Waals surface area contributed by atoms with Gasteiger partial charge in [0.1, 0.15) is 0 Å². The Morgan fingerprint density at radius 1 is 1.17 bits per heavy atom. The highest BCUT2D eigenvalue weighted by Crippen LogP contribution is 2.37. The number of hydrogen-bond donors (Lipinski definition) is 0. The molecule has 1 aliphatic carbocycles. The van der Waals surface area contributed by atoms with Gasteiger partial charge in [-0.15, -0.1) is 0 Å². The maximum Gasteiger partial charge on any atom is 0.299 e. The van der Waals surface area contributed by atoms with Gasteiger partial charge >= 0.3 is 0 Å². The van der Waals surface area contributed by atoms with E-state index in [0.29, 0.717) is 12.1 Å². The molecule has 1 aliphatic heterocycles. The molecule has 1 aromatic carbocycles. The van der Waals surface area contributed by atoms with Crippen molar-refractivity contribution in [2.75, 3.05) is 11.4 Å². The summed E-state index contributed by atoms with van der Waals surface area (Å²) in [5, 5.41) is 0. The molecular formula is C15H17NO2. The highest BCUT2D eigenvalue weighted by atomic mass is 16.2. The third kappa shape index (κ3) is 1.65. The Kier molecular flexibility index (Phi) is 2.51. The molecular weight excluding hydrogens is 226 g/mol. The number of carbonyl (C=O) groups is 2. The maximum absolute atomic E-state index is 12.1. The number of fused-ring (bicyclic) bond motifs is 1. The van der Waals surface area contributed by atoms with Crippen LogP contribution in [0.3, 0.4) is 0 Å². The Morgan fingerprint density at radius 2 is 1.83 bits per heavy atom. The molecule has 0 atom stereocenters. The normalized spacial score (nSPS) is 18.4. The number of benzene rings is 1. The first-order valence-corrected chi connectivity index (χ1v) is 6.56. The van der Waals surface area contributed by atoms with Gasteiger partial charge in [-0.05, 0) is 37.3 Å². The van der Waals surface area contributed by atoms with Crippen molar-refractivity contribution in [3.05, 3.63) is 28.8 Å². The zero-order valence-electron chi connectivity index (χ0n) is 10.8. The van der Waals surface area contributed by atoms with Crippen molar-refractivity contribution in [3.63, 3.8) is 0 Å². The van der Waals surface area contributed by atoms with Crippen LogP contribution in [0.1, 0.15) is 40.7 Å². The lowest BCUT2D eigenvalue weighted by Gasteiger charge is -2.18. The summed E-state index contributed by atoms with van der Waals surface area (Å²) in [7, 11) is 0. The highest BCUT2D eigenvalue weighted by Gasteiger charge is 2.38. The van der Waals surface area contributed by atoms with E-state index in [1.807, 2.05) is 26.0 Å². The molecule has 3 rings (SSSR count). The average molecular weight is 243 g/mol. The molecule has 1 heterocycles. The van der Waals surface area contributed by atoms with E-state index in [9.17, 15) is 9.59 Å². The summed E-state index contributed by atoms with van der Waals surface area (Å²) in [6.07, 6.45) is 3.57. The monoisotopic (exact) mass is 243 g/mol. The molecule has 0 bridgehead atoms. The first-order valence-electron chi connectivity index (χ1n) is 6.56. The summed E-state index contributed by atoms with van der Waals surface area (Å²) in [5.74, 6) is 0.0899. The molecule has 3 heteroatoms. The van der Waals surface area contributed by atoms with Crippen LogP contribution in [-0.2, 0) is 4.79 Å². The smallest absolute Gasteiger partial charge is 0.299 e. The second-order valence-corrected chi connectivity index (χ2v) is 5.44. The van der Waals surface area contributed by atoms with Crippen LogP contribution in [0.4, 0.5) is 5.69 Å². The molecule has 0 unspecified atom stereocenters. The van der Waals surface area contributed by atoms with E-state index in [0.717, 1.165) is 29.2 Å². The molecule has 1 aromatic rings. The van der Waals surface area contributed by atoms with Gasteiger partial charge in [-0.1, -0.05) is 25.0 Å². The number of nitrogens with zero attached hydrogens (tertiary/aromatic N) is 1. The molecule has 0 saturated heterocycles. The zero-order chi connectivity index (χ0) is 12.9. The quantitative estimate of drug-likeness (QED) is 0.765. The molecule has 0 radical (unpaired) electrons. The molecule has 94 valence electrons. The summed E-state index contributed by atoms with van der Waals surface area (Å²) < 4.78 is 0. The van der Waals surface area contributed by atoms with Crippen LogP contribution in [-0.4, -0.2) is 18.2 Å². The predicted molar refractivity (Wildman–Crippen MR) is 69.9 cm³/mol. The van der Waals surface area contributed by atoms with Crippen molar-refractivity contribution in [2.24, 2.45) is 5.92 Å². The molecule has 1 saturated carbocycles. The predicted octanol–water partition coefficient (Wildman–Crippen LogP) is 2.63. The third-order valence-electron chi connectivity index (χ3n) is 3.98. The molecule has 1 amide bonds. The number of ketones is 1. The second kappa shape index (κ2) is 3.94. The minimum Gasteiger partial charge on any atom is -0.304 e. The lowest BCUT2D eigenvalue weighted by molar-refractivity contribution is -0.114. The summed E-state index contributed by atoms with van der Waals surface area (Å²) in [6, 6.07) is 3.91. The van der Waals surface area contributed by atoms with Crippen LogP contribution >= 0.6 is 0 Å². The first-order chi connectivity index (χ1) is 8.59. The number of Topliss-reactive ketones (excluding diaryl/α,β-unsaturated/α-hetero) is 1. The number of aryl methyl sites for hydroxylation is 2. The Labute approximate surface area is 107 Å². The first kappa shape index (κ1) is 11.5. The summed E-state index contributed by atoms with van der Waals surface area (Å²) in [6.45, 7) is 4.55. The van der Waals surface area contributed by atoms with Crippen LogP contribution in [0.5, 0.6) is 0 Å². The second-order valence-electron chi connectivity index (χ2n) is 5.44. The lowest BCUT2D eigenvalue weighted by Crippen LogP contribution is -2.31. The van der Waals surface area contributed by atoms with Crippen molar-refractivity contribution in [2.45, 2.75) is 33.1 Å². The standard InChI is InChI=1S/C15H17NO2/c1-9-3-4-10(2)13-12(9)14(17)15(18)16(13)8-7-11-5-6-11/h3-4,11H,5-8H2,1-2H3. The topological polar surface area (TPSA) is 37.4 Å². The Hall–Kier alpha value is -1.64. The molecule has 2 aliphatic rings. The Morgan fingerprint density at radius 3 is 2.50 bits per heavy atom. The Balaban J connectivity index is 1.99. The van der Waals surface area contributed by atoms with E-state index in [4.69, 9.17) is 0 Å². The molecule has 3 nitrogen and oxygen atoms in total. The summed E-state index contributed by atoms with van der Waals surface area (Å²) >= 11 is 0. The number of rotatable bonds is 3. The van der Waals surface area contributed by atoms with E-state index in [-0.39, 0.29) is 11.7 Å². The average Bonchev–Trinajstić information content (AvgIpc) is 3.12. The number of carbonyl (C=O) groups excluding carboxylic acids is 2. The SMILES string of the molecule is Cc1ccc(C)c2c1C(=O)C(=O)N2CCC1CC1. The summed E-state index contributed by atoms with van der Waals surface area (Å²) in [5.41, 5.74) is 3.40. The van der Waals surface area contributed by atoms with Crippen LogP contribution in [0.2, 0.25) is 0 Å². The lowest BCUT2D eigenvalue weighted by atomic mass is 10.0. The van der Waals surface area contributed by atoms with Gasteiger partial charge in [0, 0.05) is 6.54 Å². The van der Waals surface area contributed by atoms with Gasteiger partial charge in [0.15, 0.2) is 0 Å². The molecule has 1 fully saturated rings.